The Kier molecular flexibility index (Phi) is 1.64. The van der Waals surface area contributed by atoms with Crippen molar-refractivity contribution in [3.05, 3.63) is 18.3 Å². The van der Waals surface area contributed by atoms with E-state index in [2.05, 4.69) is 9.35 Å². The molecule has 0 atom stereocenters. The number of nitrogens with one attached hydrogen (secondary N) is 1. The topological polar surface area (TPSA) is 62.3 Å². The summed E-state index contributed by atoms with van der Waals surface area (Å²) in [5.74, 6) is 0.350. The molecule has 0 fully saturated rings. The third-order valence-electron chi connectivity index (χ3n) is 0.754. The minimum atomic E-state index is -2.35. The number of aromatic amines is 1. The minimum Gasteiger partial charge on any atom is -0.346 e. The second-order valence-corrected chi connectivity index (χ2v) is 1.98. The maximum Gasteiger partial charge on any atom is 0.317 e. The Morgan fingerprint density at radius 3 is 2.78 bits per heavy atom. The maximum atomic E-state index is 9.88. The van der Waals surface area contributed by atoms with Gasteiger partial charge in [-0.25, -0.2) is 0 Å². The fraction of sp³-hybridized carbons (Fsp3) is 0. The summed E-state index contributed by atoms with van der Waals surface area (Å²) in [6, 6.07) is 3.24. The van der Waals surface area contributed by atoms with Gasteiger partial charge in [0.15, 0.2) is 0 Å². The van der Waals surface area contributed by atoms with Gasteiger partial charge in [0.25, 0.3) is 0 Å². The lowest BCUT2D eigenvalue weighted by Gasteiger charge is -1.72. The highest BCUT2D eigenvalue weighted by molar-refractivity contribution is 7.61. The molecule has 1 N–H and O–H groups in total. The molecule has 48 valence electrons. The van der Waals surface area contributed by atoms with Gasteiger partial charge < -0.3 is 4.98 Å². The summed E-state index contributed by atoms with van der Waals surface area (Å²) >= 11 is 0. The van der Waals surface area contributed by atoms with Gasteiger partial charge in [-0.2, -0.15) is 8.42 Å². The van der Waals surface area contributed by atoms with Gasteiger partial charge in [-0.1, -0.05) is 0 Å². The van der Waals surface area contributed by atoms with E-state index in [4.69, 9.17) is 0 Å². The summed E-state index contributed by atoms with van der Waals surface area (Å²) in [5, 5.41) is 0. The van der Waals surface area contributed by atoms with Gasteiger partial charge in [0, 0.05) is 6.20 Å². The highest BCUT2D eigenvalue weighted by Crippen LogP contribution is 2.03. The molecule has 0 aliphatic rings. The highest BCUT2D eigenvalue weighted by Gasteiger charge is 1.83. The Morgan fingerprint density at radius 1 is 1.56 bits per heavy atom. The Labute approximate surface area is 53.2 Å². The van der Waals surface area contributed by atoms with E-state index < -0.39 is 10.5 Å². The summed E-state index contributed by atoms with van der Waals surface area (Å²) in [5.41, 5.74) is 0. The molecule has 0 aliphatic carbocycles. The number of aromatic nitrogens is 1. The molecule has 0 amide bonds. The molecule has 1 aromatic heterocycles. The molecule has 0 spiro atoms. The van der Waals surface area contributed by atoms with Crippen molar-refractivity contribution in [2.24, 2.45) is 4.36 Å². The van der Waals surface area contributed by atoms with Gasteiger partial charge >= 0.3 is 10.5 Å². The molecule has 1 heterocycles. The van der Waals surface area contributed by atoms with Crippen LogP contribution in [0.4, 0.5) is 5.82 Å². The fourth-order valence-electron chi connectivity index (χ4n) is 0.458. The molecule has 0 saturated heterocycles. The summed E-state index contributed by atoms with van der Waals surface area (Å²) in [6.45, 7) is 0. The number of H-pyrrole nitrogens is 1. The van der Waals surface area contributed by atoms with E-state index in [0.717, 1.165) is 0 Å². The van der Waals surface area contributed by atoms with Crippen LogP contribution in [0.5, 0.6) is 0 Å². The van der Waals surface area contributed by atoms with Crippen LogP contribution in [0.15, 0.2) is 22.7 Å². The minimum absolute atomic E-state index is 0.350. The van der Waals surface area contributed by atoms with Gasteiger partial charge in [0.1, 0.15) is 5.82 Å². The Hall–Kier alpha value is -1.10. The van der Waals surface area contributed by atoms with Gasteiger partial charge in [-0.3, -0.25) is 0 Å². The molecule has 9 heavy (non-hydrogen) atoms. The van der Waals surface area contributed by atoms with Crippen LogP contribution < -0.4 is 0 Å². The first-order chi connectivity index (χ1) is 4.29. The zero-order valence-electron chi connectivity index (χ0n) is 4.40. The van der Waals surface area contributed by atoms with Crippen molar-refractivity contribution in [2.75, 3.05) is 0 Å². The lowest BCUT2D eigenvalue weighted by molar-refractivity contribution is 0.622. The second-order valence-electron chi connectivity index (χ2n) is 1.36. The van der Waals surface area contributed by atoms with E-state index in [0.29, 0.717) is 5.82 Å². The third-order valence-corrected chi connectivity index (χ3v) is 1.10. The van der Waals surface area contributed by atoms with Gasteiger partial charge in [0.2, 0.25) is 0 Å². The van der Waals surface area contributed by atoms with Crippen LogP contribution in [0.1, 0.15) is 0 Å². The van der Waals surface area contributed by atoms with Gasteiger partial charge in [-0.15, -0.1) is 4.36 Å². The standard InChI is InChI=1S/C4H4N2O2S/c7-9(8)6-4-2-1-3-5-4/h1-3,5H. The summed E-state index contributed by atoms with van der Waals surface area (Å²) in [6.07, 6.45) is 1.60. The van der Waals surface area contributed by atoms with E-state index in [1.54, 1.807) is 18.3 Å². The smallest absolute Gasteiger partial charge is 0.317 e. The van der Waals surface area contributed by atoms with E-state index in [-0.39, 0.29) is 0 Å². The van der Waals surface area contributed by atoms with Crippen LogP contribution >= 0.6 is 0 Å². The zero-order chi connectivity index (χ0) is 6.69. The molecule has 5 heteroatoms. The molecule has 0 saturated carbocycles. The van der Waals surface area contributed by atoms with Gasteiger partial charge in [0.05, 0.1) is 0 Å². The van der Waals surface area contributed by atoms with Crippen LogP contribution in [0, 0.1) is 0 Å². The Balaban J connectivity index is 3.07. The van der Waals surface area contributed by atoms with Crippen LogP contribution in [0.2, 0.25) is 0 Å². The highest BCUT2D eigenvalue weighted by atomic mass is 32.2. The maximum absolute atomic E-state index is 9.88. The van der Waals surface area contributed by atoms with Crippen molar-refractivity contribution in [3.63, 3.8) is 0 Å². The van der Waals surface area contributed by atoms with Crippen LogP contribution in [-0.2, 0) is 10.5 Å². The number of nitrogens with zero attached hydrogens (tertiary/aromatic N) is 1. The number of hydrogen-bond donors (Lipinski definition) is 1. The van der Waals surface area contributed by atoms with Gasteiger partial charge in [-0.05, 0) is 12.1 Å². The predicted molar refractivity (Wildman–Crippen MR) is 31.8 cm³/mol. The Morgan fingerprint density at radius 2 is 2.33 bits per heavy atom. The molecule has 4 nitrogen and oxygen atoms in total. The lowest BCUT2D eigenvalue weighted by Crippen LogP contribution is -1.58. The second kappa shape index (κ2) is 2.45. The molecule has 1 aromatic rings. The molecular weight excluding hydrogens is 140 g/mol. The van der Waals surface area contributed by atoms with Crippen molar-refractivity contribution in [1.82, 2.24) is 4.98 Å². The van der Waals surface area contributed by atoms with Crippen molar-refractivity contribution in [2.45, 2.75) is 0 Å². The third kappa shape index (κ3) is 1.69. The molecular formula is C4H4N2O2S. The zero-order valence-corrected chi connectivity index (χ0v) is 5.22. The van der Waals surface area contributed by atoms with E-state index in [1.807, 2.05) is 0 Å². The van der Waals surface area contributed by atoms with Crippen molar-refractivity contribution in [1.29, 1.82) is 0 Å². The molecule has 0 aromatic carbocycles. The lowest BCUT2D eigenvalue weighted by atomic mass is 10.6. The quantitative estimate of drug-likeness (QED) is 0.630. The van der Waals surface area contributed by atoms with Crippen molar-refractivity contribution >= 4 is 16.3 Å². The first-order valence-electron chi connectivity index (χ1n) is 2.23. The number of hydrogen-bond acceptors (Lipinski definition) is 3. The predicted octanol–water partition coefficient (Wildman–Crippen LogP) is 0.709. The van der Waals surface area contributed by atoms with Crippen molar-refractivity contribution < 1.29 is 8.42 Å². The first kappa shape index (κ1) is 6.03. The monoisotopic (exact) mass is 144 g/mol. The number of rotatable bonds is 1. The summed E-state index contributed by atoms with van der Waals surface area (Å²) < 4.78 is 22.9. The van der Waals surface area contributed by atoms with Crippen molar-refractivity contribution in [3.8, 4) is 0 Å². The van der Waals surface area contributed by atoms with Crippen LogP contribution in [0.3, 0.4) is 0 Å². The molecule has 0 radical (unpaired) electrons. The summed E-state index contributed by atoms with van der Waals surface area (Å²) in [7, 11) is -2.35. The van der Waals surface area contributed by atoms with E-state index in [9.17, 15) is 8.42 Å². The van der Waals surface area contributed by atoms with Crippen LogP contribution in [0.25, 0.3) is 0 Å². The normalized spacial score (nSPS) is 8.89. The average molecular weight is 144 g/mol. The molecule has 0 unspecified atom stereocenters. The molecule has 1 rings (SSSR count). The van der Waals surface area contributed by atoms with Crippen LogP contribution in [-0.4, -0.2) is 13.4 Å². The molecule has 0 aliphatic heterocycles. The SMILES string of the molecule is O=S(=O)=Nc1ccc[nH]1. The van der Waals surface area contributed by atoms with E-state index >= 15 is 0 Å². The molecule has 0 bridgehead atoms. The Bertz CT molecular complexity index is 289. The van der Waals surface area contributed by atoms with E-state index in [1.165, 1.54) is 0 Å². The summed E-state index contributed by atoms with van der Waals surface area (Å²) in [4.78, 5) is 2.61. The first-order valence-corrected chi connectivity index (χ1v) is 3.27. The fourth-order valence-corrected chi connectivity index (χ4v) is 0.732. The average Bonchev–Trinajstić information content (AvgIpc) is 2.15. The largest absolute Gasteiger partial charge is 0.346 e.